The molecule has 0 fully saturated rings. The Kier molecular flexibility index (Phi) is 9.32. The molecular formula is C29H33ClN2O3. The Balaban J connectivity index is 2.05. The molecule has 6 heteroatoms. The Morgan fingerprint density at radius 3 is 2.54 bits per heavy atom. The van der Waals surface area contributed by atoms with Crippen LogP contribution in [0.3, 0.4) is 0 Å². The van der Waals surface area contributed by atoms with Gasteiger partial charge in [0, 0.05) is 24.5 Å². The number of allylic oxidation sites excluding steroid dienone is 10. The van der Waals surface area contributed by atoms with Crippen molar-refractivity contribution >= 4 is 29.4 Å². The van der Waals surface area contributed by atoms with E-state index in [1.165, 1.54) is 0 Å². The number of anilines is 1. The lowest BCUT2D eigenvalue weighted by Crippen LogP contribution is -2.28. The molecule has 1 aliphatic heterocycles. The number of para-hydroxylation sites is 1. The molecule has 0 unspecified atom stereocenters. The minimum Gasteiger partial charge on any atom is -0.489 e. The molecule has 1 aromatic rings. The Bertz CT molecular complexity index is 1150. The monoisotopic (exact) mass is 492 g/mol. The number of rotatable bonds is 7. The van der Waals surface area contributed by atoms with Crippen LogP contribution in [0.1, 0.15) is 47.0 Å². The highest BCUT2D eigenvalue weighted by atomic mass is 35.5. The van der Waals surface area contributed by atoms with Crippen molar-refractivity contribution in [3.05, 3.63) is 99.8 Å². The molecule has 0 aromatic heterocycles. The second-order valence-electron chi connectivity index (χ2n) is 8.28. The van der Waals surface area contributed by atoms with E-state index in [0.29, 0.717) is 42.7 Å². The Morgan fingerprint density at radius 2 is 1.89 bits per heavy atom. The first-order valence-electron chi connectivity index (χ1n) is 11.8. The molecule has 184 valence electrons. The maximum atomic E-state index is 12.7. The Hall–Kier alpha value is -3.31. The number of carbonyl (C=O) groups is 1. The van der Waals surface area contributed by atoms with Crippen molar-refractivity contribution in [2.24, 2.45) is 4.99 Å². The van der Waals surface area contributed by atoms with Gasteiger partial charge in [0.15, 0.2) is 5.76 Å². The van der Waals surface area contributed by atoms with Crippen LogP contribution in [0.5, 0.6) is 0 Å². The summed E-state index contributed by atoms with van der Waals surface area (Å²) < 4.78 is 11.1. The van der Waals surface area contributed by atoms with Crippen molar-refractivity contribution in [2.45, 2.75) is 47.0 Å². The number of hydrogen-bond acceptors (Lipinski definition) is 4. The highest BCUT2D eigenvalue weighted by Crippen LogP contribution is 2.36. The van der Waals surface area contributed by atoms with Crippen molar-refractivity contribution < 1.29 is 14.3 Å². The number of hydrogen-bond donors (Lipinski definition) is 0. The number of carbonyl (C=O) groups excluding carboxylic acids is 1. The fourth-order valence-electron chi connectivity index (χ4n) is 4.10. The lowest BCUT2D eigenvalue weighted by Gasteiger charge is -2.27. The molecule has 1 heterocycles. The maximum absolute atomic E-state index is 12.7. The van der Waals surface area contributed by atoms with E-state index >= 15 is 0 Å². The first-order chi connectivity index (χ1) is 16.8. The molecule has 3 rings (SSSR count). The van der Waals surface area contributed by atoms with Gasteiger partial charge in [0.1, 0.15) is 13.2 Å². The lowest BCUT2D eigenvalue weighted by molar-refractivity contribution is -0.116. The molecule has 2 aliphatic rings. The number of ether oxygens (including phenoxy) is 2. The van der Waals surface area contributed by atoms with Crippen molar-refractivity contribution in [1.82, 2.24) is 0 Å². The fraction of sp³-hybridized carbons (Fsp3) is 0.310. The molecule has 5 nitrogen and oxygen atoms in total. The largest absolute Gasteiger partial charge is 0.489 e. The third-order valence-corrected chi connectivity index (χ3v) is 6.33. The summed E-state index contributed by atoms with van der Waals surface area (Å²) in [4.78, 5) is 18.9. The first kappa shape index (κ1) is 26.3. The molecule has 35 heavy (non-hydrogen) atoms. The summed E-state index contributed by atoms with van der Waals surface area (Å²) in [6.07, 6.45) is 10.1. The third kappa shape index (κ3) is 6.43. The summed E-state index contributed by atoms with van der Waals surface area (Å²) >= 11 is 7.08. The Morgan fingerprint density at radius 1 is 1.17 bits per heavy atom. The van der Waals surface area contributed by atoms with E-state index < -0.39 is 0 Å². The van der Waals surface area contributed by atoms with Gasteiger partial charge in [-0.25, -0.2) is 4.99 Å². The van der Waals surface area contributed by atoms with Gasteiger partial charge < -0.3 is 9.47 Å². The third-order valence-electron chi connectivity index (χ3n) is 5.88. The average Bonchev–Trinajstić information content (AvgIpc) is 2.84. The van der Waals surface area contributed by atoms with Crippen molar-refractivity contribution in [1.29, 1.82) is 0 Å². The topological polar surface area (TPSA) is 51.1 Å². The van der Waals surface area contributed by atoms with Crippen LogP contribution >= 0.6 is 11.6 Å². The van der Waals surface area contributed by atoms with Crippen LogP contribution in [0.15, 0.2) is 105 Å². The normalized spacial score (nSPS) is 21.7. The summed E-state index contributed by atoms with van der Waals surface area (Å²) in [5.74, 6) is 1.04. The maximum Gasteiger partial charge on any atom is 0.252 e. The minimum absolute atomic E-state index is 0.0866. The summed E-state index contributed by atoms with van der Waals surface area (Å²) in [5.41, 5.74) is 5.23. The first-order valence-corrected chi connectivity index (χ1v) is 12.2. The van der Waals surface area contributed by atoms with Crippen LogP contribution in [-0.4, -0.2) is 25.3 Å². The average molecular weight is 493 g/mol. The van der Waals surface area contributed by atoms with E-state index in [0.717, 1.165) is 40.1 Å². The van der Waals surface area contributed by atoms with Gasteiger partial charge in [-0.1, -0.05) is 61.5 Å². The summed E-state index contributed by atoms with van der Waals surface area (Å²) in [6, 6.07) is 9.59. The van der Waals surface area contributed by atoms with Crippen LogP contribution in [-0.2, 0) is 14.3 Å². The number of halogens is 1. The number of nitrogens with zero attached hydrogens (tertiary/aromatic N) is 2. The predicted molar refractivity (Wildman–Crippen MR) is 144 cm³/mol. The highest BCUT2D eigenvalue weighted by Gasteiger charge is 2.22. The molecule has 0 spiro atoms. The lowest BCUT2D eigenvalue weighted by atomic mass is 9.91. The van der Waals surface area contributed by atoms with E-state index in [1.54, 1.807) is 18.0 Å². The van der Waals surface area contributed by atoms with Gasteiger partial charge in [-0.05, 0) is 67.5 Å². The van der Waals surface area contributed by atoms with Crippen LogP contribution < -0.4 is 4.90 Å². The quantitative estimate of drug-likeness (QED) is 0.295. The second kappa shape index (κ2) is 12.4. The zero-order valence-electron chi connectivity index (χ0n) is 20.9. The van der Waals surface area contributed by atoms with Gasteiger partial charge >= 0.3 is 0 Å². The van der Waals surface area contributed by atoms with Gasteiger partial charge in [0.2, 0.25) is 5.91 Å². The zero-order chi connectivity index (χ0) is 25.4. The van der Waals surface area contributed by atoms with Crippen LogP contribution in [0, 0.1) is 0 Å². The van der Waals surface area contributed by atoms with E-state index in [2.05, 4.69) is 29.8 Å². The standard InChI is InChI=1S/C29H33ClN2O3/c1-6-27(32(23(5)33)24-13-9-7-10-14-24)28(30)26-16-12-8-11-15-25(21(26)3)20(2)19-31-29-22(4)34-17-18-35-29/h7-10,12-15,19H,2,6,11,16-18H2,1,3-5H3/b12-8-,25-15-,26-21+,28-27+,31-19-. The summed E-state index contributed by atoms with van der Waals surface area (Å²) in [7, 11) is 0. The molecule has 1 aliphatic carbocycles. The molecule has 0 atom stereocenters. The number of aliphatic imine (C=N–C) groups is 1. The molecule has 0 radical (unpaired) electrons. The van der Waals surface area contributed by atoms with E-state index in [1.807, 2.05) is 51.1 Å². The molecular weight excluding hydrogens is 460 g/mol. The number of benzene rings is 1. The molecule has 0 bridgehead atoms. The van der Waals surface area contributed by atoms with Gasteiger partial charge in [-0.15, -0.1) is 0 Å². The fourth-order valence-corrected chi connectivity index (χ4v) is 4.54. The highest BCUT2D eigenvalue weighted by molar-refractivity contribution is 6.33. The second-order valence-corrected chi connectivity index (χ2v) is 8.66. The summed E-state index contributed by atoms with van der Waals surface area (Å²) in [5, 5.41) is 0.578. The van der Waals surface area contributed by atoms with E-state index in [4.69, 9.17) is 21.1 Å². The van der Waals surface area contributed by atoms with Crippen molar-refractivity contribution in [3.8, 4) is 0 Å². The molecule has 1 aromatic carbocycles. The van der Waals surface area contributed by atoms with Crippen molar-refractivity contribution in [3.63, 3.8) is 0 Å². The van der Waals surface area contributed by atoms with Crippen LogP contribution in [0.25, 0.3) is 0 Å². The van der Waals surface area contributed by atoms with Crippen LogP contribution in [0.4, 0.5) is 5.69 Å². The summed E-state index contributed by atoms with van der Waals surface area (Å²) in [6.45, 7) is 12.7. The van der Waals surface area contributed by atoms with Gasteiger partial charge in [-0.3, -0.25) is 9.69 Å². The van der Waals surface area contributed by atoms with Crippen LogP contribution in [0.2, 0.25) is 0 Å². The predicted octanol–water partition coefficient (Wildman–Crippen LogP) is 7.36. The molecule has 1 amide bonds. The van der Waals surface area contributed by atoms with Gasteiger partial charge in [0.25, 0.3) is 5.88 Å². The Labute approximate surface area is 213 Å². The smallest absolute Gasteiger partial charge is 0.252 e. The number of amides is 1. The van der Waals surface area contributed by atoms with Gasteiger partial charge in [0.05, 0.1) is 5.03 Å². The van der Waals surface area contributed by atoms with Gasteiger partial charge in [-0.2, -0.15) is 0 Å². The molecule has 0 N–H and O–H groups in total. The minimum atomic E-state index is -0.0866. The molecule has 0 saturated carbocycles. The van der Waals surface area contributed by atoms with E-state index in [9.17, 15) is 4.79 Å². The SMILES string of the molecule is C=C(/C=N\C1=C(C)OCCO1)C1=C/C/C=C\CC(/C(Cl)=C(/CC)N(C(C)=O)c2ccccc2)=C\1C. The van der Waals surface area contributed by atoms with Crippen molar-refractivity contribution in [2.75, 3.05) is 18.1 Å². The zero-order valence-corrected chi connectivity index (χ0v) is 21.7. The van der Waals surface area contributed by atoms with E-state index in [-0.39, 0.29) is 5.91 Å². The molecule has 0 saturated heterocycles.